The van der Waals surface area contributed by atoms with Crippen LogP contribution in [0.25, 0.3) is 0 Å². The van der Waals surface area contributed by atoms with Gasteiger partial charge in [-0.3, -0.25) is 14.5 Å². The predicted octanol–water partition coefficient (Wildman–Crippen LogP) is 3.20. The van der Waals surface area contributed by atoms with Crippen molar-refractivity contribution in [2.75, 3.05) is 26.2 Å². The molecule has 1 atom stereocenters. The number of nitrogens with zero attached hydrogens (tertiary/aromatic N) is 4. The maximum atomic E-state index is 13.8. The Kier molecular flexibility index (Phi) is 5.32. The van der Waals surface area contributed by atoms with Crippen molar-refractivity contribution in [1.29, 1.82) is 0 Å². The van der Waals surface area contributed by atoms with E-state index in [0.717, 1.165) is 69.0 Å². The zero-order valence-electron chi connectivity index (χ0n) is 19.2. The van der Waals surface area contributed by atoms with Crippen LogP contribution < -0.4 is 0 Å². The molecular formula is C25H32N4O3. The van der Waals surface area contributed by atoms with Crippen LogP contribution in [0.3, 0.4) is 0 Å². The van der Waals surface area contributed by atoms with Gasteiger partial charge in [-0.1, -0.05) is 23.4 Å². The summed E-state index contributed by atoms with van der Waals surface area (Å²) in [5.74, 6) is 0.746. The Morgan fingerprint density at radius 1 is 1.19 bits per heavy atom. The van der Waals surface area contributed by atoms with Crippen LogP contribution in [0, 0.1) is 6.92 Å². The lowest BCUT2D eigenvalue weighted by atomic mass is 9.66. The van der Waals surface area contributed by atoms with Gasteiger partial charge in [0.1, 0.15) is 5.76 Å². The van der Waals surface area contributed by atoms with E-state index in [-0.39, 0.29) is 23.8 Å². The Balaban J connectivity index is 1.51. The number of carbonyl (C=O) groups is 2. The number of piperidine rings is 1. The van der Waals surface area contributed by atoms with Crippen LogP contribution in [0.1, 0.15) is 66.4 Å². The highest BCUT2D eigenvalue weighted by molar-refractivity contribution is 6.02. The van der Waals surface area contributed by atoms with Crippen LogP contribution >= 0.6 is 0 Å². The number of benzene rings is 1. The maximum absolute atomic E-state index is 13.8. The Labute approximate surface area is 189 Å². The number of rotatable bonds is 4. The first-order valence-corrected chi connectivity index (χ1v) is 11.8. The van der Waals surface area contributed by atoms with Gasteiger partial charge in [0.25, 0.3) is 5.91 Å². The molecule has 3 aliphatic rings. The first kappa shape index (κ1) is 21.2. The molecule has 4 heterocycles. The number of fused-ring (bicyclic) bond motifs is 1. The number of amides is 2. The van der Waals surface area contributed by atoms with Crippen molar-refractivity contribution in [1.82, 2.24) is 19.9 Å². The predicted molar refractivity (Wildman–Crippen MR) is 120 cm³/mol. The van der Waals surface area contributed by atoms with Crippen molar-refractivity contribution < 1.29 is 14.1 Å². The summed E-state index contributed by atoms with van der Waals surface area (Å²) in [5, 5.41) is 4.14. The molecule has 0 radical (unpaired) electrons. The number of aromatic nitrogens is 1. The molecule has 170 valence electrons. The fraction of sp³-hybridized carbons (Fsp3) is 0.560. The molecule has 1 aromatic heterocycles. The van der Waals surface area contributed by atoms with Gasteiger partial charge in [0, 0.05) is 50.4 Å². The van der Waals surface area contributed by atoms with Gasteiger partial charge in [0.05, 0.1) is 17.2 Å². The minimum absolute atomic E-state index is 0.0206. The van der Waals surface area contributed by atoms with E-state index in [1.807, 2.05) is 47.1 Å². The highest BCUT2D eigenvalue weighted by Crippen LogP contribution is 2.49. The lowest BCUT2D eigenvalue weighted by Gasteiger charge is -2.57. The minimum Gasteiger partial charge on any atom is -0.361 e. The first-order chi connectivity index (χ1) is 15.4. The van der Waals surface area contributed by atoms with Crippen molar-refractivity contribution in [2.45, 2.75) is 64.1 Å². The van der Waals surface area contributed by atoms with Crippen molar-refractivity contribution >= 4 is 11.8 Å². The van der Waals surface area contributed by atoms with Gasteiger partial charge in [-0.2, -0.15) is 0 Å². The molecule has 0 N–H and O–H groups in total. The summed E-state index contributed by atoms with van der Waals surface area (Å²) < 4.78 is 5.23. The topological polar surface area (TPSA) is 69.9 Å². The van der Waals surface area contributed by atoms with Crippen LogP contribution in [0.4, 0.5) is 0 Å². The fourth-order valence-corrected chi connectivity index (χ4v) is 5.88. The van der Waals surface area contributed by atoms with E-state index < -0.39 is 5.54 Å². The summed E-state index contributed by atoms with van der Waals surface area (Å²) >= 11 is 0. The SMILES string of the molecule is Cc1cc(CN2CCC3(CC2)C(C(=O)N2CCC2)c2ccccc2C(=O)N3C(C)C)no1. The molecule has 0 aliphatic carbocycles. The van der Waals surface area contributed by atoms with Crippen molar-refractivity contribution in [2.24, 2.45) is 0 Å². The van der Waals surface area contributed by atoms with Gasteiger partial charge >= 0.3 is 0 Å². The molecule has 0 saturated carbocycles. The molecule has 0 bridgehead atoms. The summed E-state index contributed by atoms with van der Waals surface area (Å²) in [4.78, 5) is 33.9. The highest BCUT2D eigenvalue weighted by atomic mass is 16.5. The first-order valence-electron chi connectivity index (χ1n) is 11.8. The molecule has 1 aromatic carbocycles. The molecule has 1 unspecified atom stereocenters. The van der Waals surface area contributed by atoms with E-state index in [2.05, 4.69) is 23.9 Å². The van der Waals surface area contributed by atoms with Crippen LogP contribution in [0.2, 0.25) is 0 Å². The molecule has 2 saturated heterocycles. The third-order valence-corrected chi connectivity index (χ3v) is 7.45. The van der Waals surface area contributed by atoms with Crippen LogP contribution in [-0.2, 0) is 11.3 Å². The summed E-state index contributed by atoms with van der Waals surface area (Å²) in [7, 11) is 0. The van der Waals surface area contributed by atoms with Crippen molar-refractivity contribution in [3.8, 4) is 0 Å². The van der Waals surface area contributed by atoms with E-state index in [1.165, 1.54) is 0 Å². The smallest absolute Gasteiger partial charge is 0.254 e. The molecule has 5 rings (SSSR count). The number of hydrogen-bond donors (Lipinski definition) is 0. The van der Waals surface area contributed by atoms with E-state index in [9.17, 15) is 9.59 Å². The Hall–Kier alpha value is -2.67. The monoisotopic (exact) mass is 436 g/mol. The Morgan fingerprint density at radius 3 is 2.50 bits per heavy atom. The van der Waals surface area contributed by atoms with Gasteiger partial charge in [0.15, 0.2) is 0 Å². The van der Waals surface area contributed by atoms with Crippen LogP contribution in [0.15, 0.2) is 34.9 Å². The summed E-state index contributed by atoms with van der Waals surface area (Å²) in [6.45, 7) is 10.0. The zero-order valence-corrected chi connectivity index (χ0v) is 19.2. The van der Waals surface area contributed by atoms with Crippen molar-refractivity contribution in [3.05, 3.63) is 52.9 Å². The second-order valence-electron chi connectivity index (χ2n) is 9.78. The number of aryl methyl sites for hydroxylation is 1. The molecule has 7 heteroatoms. The third-order valence-electron chi connectivity index (χ3n) is 7.45. The second kappa shape index (κ2) is 8.03. The molecule has 7 nitrogen and oxygen atoms in total. The summed E-state index contributed by atoms with van der Waals surface area (Å²) in [6.07, 6.45) is 2.60. The quantitative estimate of drug-likeness (QED) is 0.736. The standard InChI is InChI=1S/C25H32N4O3/c1-17(2)29-23(30)21-8-5-4-7-20(21)22(24(31)28-11-6-12-28)25(29)9-13-27(14-10-25)16-19-15-18(3)32-26-19/h4-5,7-8,15,17,22H,6,9-14,16H2,1-3H3. The normalized spacial score (nSPS) is 22.9. The molecule has 32 heavy (non-hydrogen) atoms. The second-order valence-corrected chi connectivity index (χ2v) is 9.78. The summed E-state index contributed by atoms with van der Waals surface area (Å²) in [5.41, 5.74) is 2.03. The van der Waals surface area contributed by atoms with E-state index in [1.54, 1.807) is 0 Å². The fourth-order valence-electron chi connectivity index (χ4n) is 5.88. The number of carbonyl (C=O) groups excluding carboxylic acids is 2. The minimum atomic E-state index is -0.498. The number of hydrogen-bond acceptors (Lipinski definition) is 5. The molecule has 2 amide bonds. The zero-order chi connectivity index (χ0) is 22.5. The van der Waals surface area contributed by atoms with Gasteiger partial charge in [-0.05, 0) is 51.7 Å². The van der Waals surface area contributed by atoms with Gasteiger partial charge < -0.3 is 14.3 Å². The summed E-state index contributed by atoms with van der Waals surface area (Å²) in [6, 6.07) is 9.75. The maximum Gasteiger partial charge on any atom is 0.254 e. The molecule has 2 aromatic rings. The van der Waals surface area contributed by atoms with Crippen LogP contribution in [-0.4, -0.2) is 69.4 Å². The molecule has 1 spiro atoms. The lowest BCUT2D eigenvalue weighted by molar-refractivity contribution is -0.142. The average molecular weight is 437 g/mol. The Bertz CT molecular complexity index is 1020. The van der Waals surface area contributed by atoms with Gasteiger partial charge in [0.2, 0.25) is 5.91 Å². The van der Waals surface area contributed by atoms with Gasteiger partial charge in [-0.15, -0.1) is 0 Å². The third kappa shape index (κ3) is 3.34. The van der Waals surface area contributed by atoms with E-state index in [0.29, 0.717) is 5.56 Å². The lowest BCUT2D eigenvalue weighted by Crippen LogP contribution is -2.67. The molecule has 3 aliphatic heterocycles. The van der Waals surface area contributed by atoms with E-state index in [4.69, 9.17) is 4.52 Å². The van der Waals surface area contributed by atoms with E-state index >= 15 is 0 Å². The average Bonchev–Trinajstić information content (AvgIpc) is 3.13. The number of likely N-dealkylation sites (tertiary alicyclic amines) is 2. The molecule has 2 fully saturated rings. The molecular weight excluding hydrogens is 404 g/mol. The Morgan fingerprint density at radius 2 is 1.91 bits per heavy atom. The highest BCUT2D eigenvalue weighted by Gasteiger charge is 2.57. The van der Waals surface area contributed by atoms with Crippen LogP contribution in [0.5, 0.6) is 0 Å². The van der Waals surface area contributed by atoms with Gasteiger partial charge in [-0.25, -0.2) is 0 Å². The largest absolute Gasteiger partial charge is 0.361 e. The van der Waals surface area contributed by atoms with Crippen molar-refractivity contribution in [3.63, 3.8) is 0 Å².